The van der Waals surface area contributed by atoms with E-state index in [1.54, 1.807) is 23.3 Å². The molecule has 1 unspecified atom stereocenters. The molecule has 15 heavy (non-hydrogen) atoms. The highest BCUT2D eigenvalue weighted by Gasteiger charge is 2.09. The van der Waals surface area contributed by atoms with E-state index in [0.29, 0.717) is 0 Å². The number of hydrogen-bond acceptors (Lipinski definition) is 4. The van der Waals surface area contributed by atoms with Crippen LogP contribution in [-0.2, 0) is 6.42 Å². The van der Waals surface area contributed by atoms with Crippen molar-refractivity contribution in [2.45, 2.75) is 45.2 Å². The van der Waals surface area contributed by atoms with Crippen molar-refractivity contribution in [3.05, 3.63) is 5.01 Å². The number of hydrogen-bond donors (Lipinski definition) is 0. The van der Waals surface area contributed by atoms with Gasteiger partial charge in [-0.3, -0.25) is 0 Å². The quantitative estimate of drug-likeness (QED) is 0.710. The van der Waals surface area contributed by atoms with Gasteiger partial charge in [0, 0.05) is 6.42 Å². The highest BCUT2D eigenvalue weighted by molar-refractivity contribution is 7.98. The first-order valence-corrected chi connectivity index (χ1v) is 7.48. The molecule has 1 aromatic rings. The Balaban J connectivity index is 2.33. The molecular weight excluding hydrogens is 224 g/mol. The van der Waals surface area contributed by atoms with E-state index in [9.17, 15) is 0 Å². The summed E-state index contributed by atoms with van der Waals surface area (Å²) in [6.07, 6.45) is 5.72. The standard InChI is InChI=1S/C11H20N2S2/c1-8(2)5-6-9(3)7-10-12-11(14-4)13-15-10/h8-9H,5-7H2,1-4H3. The van der Waals surface area contributed by atoms with E-state index in [1.807, 2.05) is 6.26 Å². The van der Waals surface area contributed by atoms with Crippen LogP contribution in [0.2, 0.25) is 0 Å². The lowest BCUT2D eigenvalue weighted by molar-refractivity contribution is 0.447. The molecule has 0 aliphatic heterocycles. The molecule has 0 amide bonds. The molecule has 0 spiro atoms. The summed E-state index contributed by atoms with van der Waals surface area (Å²) in [7, 11) is 0. The van der Waals surface area contributed by atoms with Crippen LogP contribution in [0.5, 0.6) is 0 Å². The summed E-state index contributed by atoms with van der Waals surface area (Å²) < 4.78 is 4.28. The van der Waals surface area contributed by atoms with Gasteiger partial charge in [-0.2, -0.15) is 4.37 Å². The van der Waals surface area contributed by atoms with E-state index >= 15 is 0 Å². The zero-order valence-corrected chi connectivity index (χ0v) is 11.6. The first kappa shape index (κ1) is 13.0. The Morgan fingerprint density at radius 3 is 2.53 bits per heavy atom. The SMILES string of the molecule is CSc1nsc(CC(C)CCC(C)C)n1. The normalized spacial score (nSPS) is 13.4. The van der Waals surface area contributed by atoms with Gasteiger partial charge in [0.05, 0.1) is 0 Å². The van der Waals surface area contributed by atoms with E-state index < -0.39 is 0 Å². The van der Waals surface area contributed by atoms with Gasteiger partial charge in [-0.05, 0) is 29.6 Å². The molecule has 1 atom stereocenters. The Labute approximate surface area is 101 Å². The van der Waals surface area contributed by atoms with E-state index in [4.69, 9.17) is 0 Å². The fourth-order valence-electron chi connectivity index (χ4n) is 1.42. The second-order valence-electron chi connectivity index (χ2n) is 4.46. The van der Waals surface area contributed by atoms with Crippen LogP contribution in [0.15, 0.2) is 5.16 Å². The molecule has 0 aromatic carbocycles. The summed E-state index contributed by atoms with van der Waals surface area (Å²) in [6, 6.07) is 0. The van der Waals surface area contributed by atoms with Crippen molar-refractivity contribution in [2.75, 3.05) is 6.26 Å². The minimum absolute atomic E-state index is 0.732. The van der Waals surface area contributed by atoms with Crippen molar-refractivity contribution in [3.8, 4) is 0 Å². The summed E-state index contributed by atoms with van der Waals surface area (Å²) in [4.78, 5) is 4.47. The molecule has 4 heteroatoms. The van der Waals surface area contributed by atoms with Gasteiger partial charge in [0.15, 0.2) is 5.16 Å². The largest absolute Gasteiger partial charge is 0.214 e. The third kappa shape index (κ3) is 4.98. The van der Waals surface area contributed by atoms with Crippen LogP contribution < -0.4 is 0 Å². The molecule has 86 valence electrons. The maximum Gasteiger partial charge on any atom is 0.200 e. The minimum Gasteiger partial charge on any atom is -0.214 e. The van der Waals surface area contributed by atoms with Gasteiger partial charge in [0.2, 0.25) is 0 Å². The fraction of sp³-hybridized carbons (Fsp3) is 0.818. The number of thioether (sulfide) groups is 1. The molecule has 0 aliphatic rings. The molecule has 0 N–H and O–H groups in total. The van der Waals surface area contributed by atoms with E-state index in [-0.39, 0.29) is 0 Å². The first-order valence-electron chi connectivity index (χ1n) is 5.48. The molecule has 0 saturated heterocycles. The summed E-state index contributed by atoms with van der Waals surface area (Å²) in [6.45, 7) is 6.87. The van der Waals surface area contributed by atoms with Crippen LogP contribution in [0.4, 0.5) is 0 Å². The first-order chi connectivity index (χ1) is 7.11. The Morgan fingerprint density at radius 2 is 2.00 bits per heavy atom. The molecule has 0 fully saturated rings. The summed E-state index contributed by atoms with van der Waals surface area (Å²) >= 11 is 3.18. The number of rotatable bonds is 6. The molecule has 0 aliphatic carbocycles. The Hall–Kier alpha value is -0.0900. The third-order valence-corrected chi connectivity index (χ3v) is 3.79. The third-order valence-electron chi connectivity index (χ3n) is 2.39. The minimum atomic E-state index is 0.732. The van der Waals surface area contributed by atoms with Crippen molar-refractivity contribution in [3.63, 3.8) is 0 Å². The molecule has 1 rings (SSSR count). The van der Waals surface area contributed by atoms with E-state index in [2.05, 4.69) is 30.1 Å². The topological polar surface area (TPSA) is 25.8 Å². The average molecular weight is 244 g/mol. The van der Waals surface area contributed by atoms with Crippen molar-refractivity contribution in [1.82, 2.24) is 9.36 Å². The number of nitrogens with zero attached hydrogens (tertiary/aromatic N) is 2. The Morgan fingerprint density at radius 1 is 1.27 bits per heavy atom. The Bertz CT molecular complexity index is 284. The van der Waals surface area contributed by atoms with Crippen molar-refractivity contribution >= 4 is 23.3 Å². The summed E-state index contributed by atoms with van der Waals surface area (Å²) in [5.74, 6) is 1.54. The van der Waals surface area contributed by atoms with Gasteiger partial charge in [-0.15, -0.1) is 0 Å². The molecule has 1 aromatic heterocycles. The van der Waals surface area contributed by atoms with Crippen LogP contribution in [-0.4, -0.2) is 15.6 Å². The second kappa shape index (κ2) is 6.48. The molecule has 0 radical (unpaired) electrons. The molecule has 2 nitrogen and oxygen atoms in total. The highest BCUT2D eigenvalue weighted by atomic mass is 32.2. The zero-order chi connectivity index (χ0) is 11.3. The van der Waals surface area contributed by atoms with Crippen LogP contribution in [0.1, 0.15) is 38.6 Å². The predicted molar refractivity (Wildman–Crippen MR) is 68.6 cm³/mol. The van der Waals surface area contributed by atoms with Crippen LogP contribution >= 0.6 is 23.3 Å². The van der Waals surface area contributed by atoms with Crippen molar-refractivity contribution in [1.29, 1.82) is 0 Å². The van der Waals surface area contributed by atoms with Crippen molar-refractivity contribution < 1.29 is 0 Å². The lowest BCUT2D eigenvalue weighted by Crippen LogP contribution is -2.01. The lowest BCUT2D eigenvalue weighted by atomic mass is 9.97. The van der Waals surface area contributed by atoms with Gasteiger partial charge in [0.25, 0.3) is 0 Å². The van der Waals surface area contributed by atoms with Crippen LogP contribution in [0.25, 0.3) is 0 Å². The molecule has 0 bridgehead atoms. The van der Waals surface area contributed by atoms with Crippen molar-refractivity contribution in [2.24, 2.45) is 11.8 Å². The maximum absolute atomic E-state index is 4.47. The monoisotopic (exact) mass is 244 g/mol. The zero-order valence-electron chi connectivity index (χ0n) is 9.99. The summed E-state index contributed by atoms with van der Waals surface area (Å²) in [5.41, 5.74) is 0. The number of aromatic nitrogens is 2. The lowest BCUT2D eigenvalue weighted by Gasteiger charge is -2.10. The van der Waals surface area contributed by atoms with E-state index in [0.717, 1.165) is 23.4 Å². The van der Waals surface area contributed by atoms with Gasteiger partial charge in [-0.25, -0.2) is 4.98 Å². The predicted octanol–water partition coefficient (Wildman–Crippen LogP) is 3.87. The van der Waals surface area contributed by atoms with Crippen LogP contribution in [0, 0.1) is 11.8 Å². The molecule has 0 saturated carbocycles. The molecular formula is C11H20N2S2. The van der Waals surface area contributed by atoms with Gasteiger partial charge >= 0.3 is 0 Å². The smallest absolute Gasteiger partial charge is 0.200 e. The van der Waals surface area contributed by atoms with Gasteiger partial charge < -0.3 is 0 Å². The summed E-state index contributed by atoms with van der Waals surface area (Å²) in [5, 5.41) is 2.11. The van der Waals surface area contributed by atoms with Gasteiger partial charge in [0.1, 0.15) is 5.01 Å². The Kier molecular flexibility index (Phi) is 5.61. The van der Waals surface area contributed by atoms with Crippen LogP contribution in [0.3, 0.4) is 0 Å². The maximum atomic E-state index is 4.47. The highest BCUT2D eigenvalue weighted by Crippen LogP contribution is 2.20. The van der Waals surface area contributed by atoms with Gasteiger partial charge in [-0.1, -0.05) is 45.4 Å². The average Bonchev–Trinajstić information content (AvgIpc) is 2.62. The second-order valence-corrected chi connectivity index (χ2v) is 6.07. The molecule has 1 heterocycles. The fourth-order valence-corrected chi connectivity index (χ4v) is 2.80. The van der Waals surface area contributed by atoms with E-state index in [1.165, 1.54) is 17.8 Å².